The van der Waals surface area contributed by atoms with Crippen LogP contribution in [0.5, 0.6) is 0 Å². The van der Waals surface area contributed by atoms with Crippen LogP contribution in [0.4, 0.5) is 10.6 Å². The minimum atomic E-state index is -0.0851. The first kappa shape index (κ1) is 17.7. The van der Waals surface area contributed by atoms with E-state index < -0.39 is 0 Å². The maximum atomic E-state index is 12.9. The highest BCUT2D eigenvalue weighted by Gasteiger charge is 2.32. The number of carbonyl (C=O) groups excluding carboxylic acids is 1. The molecular weight excluding hydrogens is 358 g/mol. The summed E-state index contributed by atoms with van der Waals surface area (Å²) >= 11 is 1.61. The largest absolute Gasteiger partial charge is 0.323 e. The van der Waals surface area contributed by atoms with E-state index in [9.17, 15) is 4.79 Å². The highest BCUT2D eigenvalue weighted by Crippen LogP contribution is 2.33. The summed E-state index contributed by atoms with van der Waals surface area (Å²) < 4.78 is 1.86. The molecule has 0 spiro atoms. The van der Waals surface area contributed by atoms with Gasteiger partial charge in [-0.2, -0.15) is 5.10 Å². The van der Waals surface area contributed by atoms with Gasteiger partial charge in [0.2, 0.25) is 0 Å². The first-order chi connectivity index (χ1) is 13.1. The van der Waals surface area contributed by atoms with Crippen LogP contribution in [-0.4, -0.2) is 32.2 Å². The maximum absolute atomic E-state index is 12.9. The molecule has 3 heterocycles. The zero-order chi connectivity index (χ0) is 18.8. The molecule has 1 aromatic carbocycles. The quantitative estimate of drug-likeness (QED) is 0.730. The summed E-state index contributed by atoms with van der Waals surface area (Å²) in [4.78, 5) is 19.2. The molecule has 0 bridgehead atoms. The first-order valence-corrected chi connectivity index (χ1v) is 10.0. The normalized spacial score (nSPS) is 16.7. The highest BCUT2D eigenvalue weighted by molar-refractivity contribution is 7.09. The number of amides is 2. The van der Waals surface area contributed by atoms with Crippen molar-refractivity contribution in [1.29, 1.82) is 0 Å². The predicted octanol–water partition coefficient (Wildman–Crippen LogP) is 4.37. The minimum Gasteiger partial charge on any atom is -0.315 e. The van der Waals surface area contributed by atoms with Crippen molar-refractivity contribution in [3.05, 3.63) is 63.7 Å². The molecule has 0 saturated carbocycles. The Labute approximate surface area is 162 Å². The average molecular weight is 382 g/mol. The van der Waals surface area contributed by atoms with E-state index in [1.807, 2.05) is 34.0 Å². The van der Waals surface area contributed by atoms with E-state index in [0.29, 0.717) is 6.54 Å². The van der Waals surface area contributed by atoms with Gasteiger partial charge in [-0.1, -0.05) is 29.8 Å². The van der Waals surface area contributed by atoms with E-state index in [1.165, 1.54) is 5.56 Å². The number of hydrogen-bond acceptors (Lipinski definition) is 4. The van der Waals surface area contributed by atoms with Crippen LogP contribution < -0.4 is 5.32 Å². The van der Waals surface area contributed by atoms with Gasteiger partial charge in [-0.05, 0) is 32.3 Å². The van der Waals surface area contributed by atoms with Gasteiger partial charge < -0.3 is 4.90 Å². The second-order valence-corrected chi connectivity index (χ2v) is 7.90. The number of aromatic nitrogens is 3. The van der Waals surface area contributed by atoms with Crippen LogP contribution in [0.1, 0.15) is 40.7 Å². The SMILES string of the molecule is Cc1cccc(Cn2nc(C)cc2NC(=O)N2CCCC2c2nccs2)c1. The number of benzene rings is 1. The molecule has 27 heavy (non-hydrogen) atoms. The monoisotopic (exact) mass is 381 g/mol. The van der Waals surface area contributed by atoms with Gasteiger partial charge in [0.15, 0.2) is 0 Å². The first-order valence-electron chi connectivity index (χ1n) is 9.17. The molecule has 1 unspecified atom stereocenters. The summed E-state index contributed by atoms with van der Waals surface area (Å²) in [7, 11) is 0. The molecule has 140 valence electrons. The molecule has 0 aliphatic carbocycles. The van der Waals surface area contributed by atoms with Gasteiger partial charge in [-0.25, -0.2) is 14.5 Å². The van der Waals surface area contributed by atoms with Crippen molar-refractivity contribution in [1.82, 2.24) is 19.7 Å². The van der Waals surface area contributed by atoms with E-state index >= 15 is 0 Å². The zero-order valence-electron chi connectivity index (χ0n) is 15.6. The number of thiazole rings is 1. The van der Waals surface area contributed by atoms with Crippen molar-refractivity contribution in [2.75, 3.05) is 11.9 Å². The molecule has 4 rings (SSSR count). The fourth-order valence-electron chi connectivity index (χ4n) is 3.60. The fourth-order valence-corrected chi connectivity index (χ4v) is 4.38. The van der Waals surface area contributed by atoms with E-state index in [0.717, 1.165) is 41.5 Å². The molecule has 1 saturated heterocycles. The summed E-state index contributed by atoms with van der Waals surface area (Å²) in [5.74, 6) is 0.726. The van der Waals surface area contributed by atoms with Gasteiger partial charge in [0.05, 0.1) is 18.3 Å². The number of aryl methyl sites for hydroxylation is 2. The van der Waals surface area contributed by atoms with Crippen molar-refractivity contribution in [2.24, 2.45) is 0 Å². The molecule has 1 fully saturated rings. The van der Waals surface area contributed by atoms with Crippen molar-refractivity contribution in [2.45, 2.75) is 39.3 Å². The lowest BCUT2D eigenvalue weighted by Gasteiger charge is -2.23. The van der Waals surface area contributed by atoms with Crippen LogP contribution in [-0.2, 0) is 6.54 Å². The van der Waals surface area contributed by atoms with E-state index in [-0.39, 0.29) is 12.1 Å². The van der Waals surface area contributed by atoms with Gasteiger partial charge in [-0.15, -0.1) is 11.3 Å². The Balaban J connectivity index is 1.51. The van der Waals surface area contributed by atoms with Gasteiger partial charge in [0.1, 0.15) is 10.8 Å². The highest BCUT2D eigenvalue weighted by atomic mass is 32.1. The molecule has 1 N–H and O–H groups in total. The Morgan fingerprint density at radius 2 is 2.22 bits per heavy atom. The molecule has 1 aliphatic rings. The summed E-state index contributed by atoms with van der Waals surface area (Å²) in [5, 5.41) is 10.6. The third-order valence-corrected chi connectivity index (χ3v) is 5.68. The Kier molecular flexibility index (Phi) is 4.94. The number of nitrogens with zero attached hydrogens (tertiary/aromatic N) is 4. The van der Waals surface area contributed by atoms with E-state index in [1.54, 1.807) is 17.5 Å². The number of urea groups is 1. The molecular formula is C20H23N5OS. The lowest BCUT2D eigenvalue weighted by Crippen LogP contribution is -2.35. The van der Waals surface area contributed by atoms with Gasteiger partial charge in [0, 0.05) is 24.2 Å². The topological polar surface area (TPSA) is 63.1 Å². The third kappa shape index (κ3) is 3.88. The van der Waals surface area contributed by atoms with E-state index in [2.05, 4.69) is 40.5 Å². The molecule has 2 aromatic heterocycles. The second-order valence-electron chi connectivity index (χ2n) is 6.97. The molecule has 3 aromatic rings. The van der Waals surface area contributed by atoms with Gasteiger partial charge in [0.25, 0.3) is 0 Å². The lowest BCUT2D eigenvalue weighted by molar-refractivity contribution is 0.206. The van der Waals surface area contributed by atoms with E-state index in [4.69, 9.17) is 0 Å². The Morgan fingerprint density at radius 3 is 3.00 bits per heavy atom. The van der Waals surface area contributed by atoms with Crippen LogP contribution in [0, 0.1) is 13.8 Å². The summed E-state index contributed by atoms with van der Waals surface area (Å²) in [6.07, 6.45) is 3.76. The molecule has 2 amide bonds. The number of nitrogens with one attached hydrogen (secondary N) is 1. The third-order valence-electron chi connectivity index (χ3n) is 4.80. The van der Waals surface area contributed by atoms with Gasteiger partial charge in [-0.3, -0.25) is 5.32 Å². The van der Waals surface area contributed by atoms with Crippen LogP contribution in [0.3, 0.4) is 0 Å². The number of anilines is 1. The summed E-state index contributed by atoms with van der Waals surface area (Å²) in [6.45, 7) is 5.39. The summed E-state index contributed by atoms with van der Waals surface area (Å²) in [6, 6.07) is 10.2. The molecule has 1 atom stereocenters. The Morgan fingerprint density at radius 1 is 1.33 bits per heavy atom. The maximum Gasteiger partial charge on any atom is 0.323 e. The minimum absolute atomic E-state index is 0.0687. The molecule has 7 heteroatoms. The molecule has 6 nitrogen and oxygen atoms in total. The van der Waals surface area contributed by atoms with Crippen molar-refractivity contribution < 1.29 is 4.79 Å². The van der Waals surface area contributed by atoms with Gasteiger partial charge >= 0.3 is 6.03 Å². The summed E-state index contributed by atoms with van der Waals surface area (Å²) in [5.41, 5.74) is 3.26. The average Bonchev–Trinajstić information content (AvgIpc) is 3.36. The van der Waals surface area contributed by atoms with Crippen molar-refractivity contribution in [3.63, 3.8) is 0 Å². The number of rotatable bonds is 4. The zero-order valence-corrected chi connectivity index (χ0v) is 16.4. The lowest BCUT2D eigenvalue weighted by atomic mass is 10.1. The van der Waals surface area contributed by atoms with Crippen LogP contribution >= 0.6 is 11.3 Å². The van der Waals surface area contributed by atoms with Crippen LogP contribution in [0.2, 0.25) is 0 Å². The number of likely N-dealkylation sites (tertiary alicyclic amines) is 1. The number of hydrogen-bond donors (Lipinski definition) is 1. The number of carbonyl (C=O) groups is 1. The molecule has 0 radical (unpaired) electrons. The van der Waals surface area contributed by atoms with Crippen molar-refractivity contribution >= 4 is 23.2 Å². The Bertz CT molecular complexity index is 934. The van der Waals surface area contributed by atoms with Crippen molar-refractivity contribution in [3.8, 4) is 0 Å². The smallest absolute Gasteiger partial charge is 0.315 e. The standard InChI is InChI=1S/C20H23N5OS/c1-14-5-3-6-16(11-14)13-25-18(12-15(2)23-25)22-20(26)24-9-4-7-17(24)19-21-8-10-27-19/h3,5-6,8,10-12,17H,4,7,9,13H2,1-2H3,(H,22,26). The van der Waals surface area contributed by atoms with Crippen LogP contribution in [0.25, 0.3) is 0 Å². The fraction of sp³-hybridized carbons (Fsp3) is 0.350. The van der Waals surface area contributed by atoms with Crippen LogP contribution in [0.15, 0.2) is 41.9 Å². The Hall–Kier alpha value is -2.67. The second kappa shape index (κ2) is 7.52. The molecule has 1 aliphatic heterocycles. The predicted molar refractivity (Wildman–Crippen MR) is 107 cm³/mol.